The Morgan fingerprint density at radius 1 is 0.553 bits per heavy atom. The lowest BCUT2D eigenvalue weighted by Crippen LogP contribution is -2.69. The molecule has 0 aliphatic carbocycles. The number of rotatable bonds is 12. The second-order valence-corrected chi connectivity index (χ2v) is 11.8. The standard InChI is InChI=1S/C27H47NO19/c1-3-4-40-25-20(39)22(16(35)11(7-31)43-25)46-24-12(28)21(15(34)10(6-30)42-24)45-27-23(18(37)14(33)9(5-29)44-27)47-26-19(38)17(36)13(32)8(2)41-26/h3,8-27,29-39H,1,4-7,28H2,2H3/t8?,9?,10?,11?,12?,13-,14+,15+,16+,17?,18?,19?,20?,21?,22?,23?,24?,25-,26+,27+/m1/s1. The lowest BCUT2D eigenvalue weighted by molar-refractivity contribution is -0.385. The smallest absolute Gasteiger partial charge is 0.187 e. The fraction of sp³-hybridized carbons (Fsp3) is 0.926. The number of nitrogens with two attached hydrogens (primary N) is 1. The average Bonchev–Trinajstić information content (AvgIpc) is 3.06. The van der Waals surface area contributed by atoms with Crippen molar-refractivity contribution in [1.82, 2.24) is 0 Å². The van der Waals surface area contributed by atoms with E-state index in [1.165, 1.54) is 13.0 Å². The summed E-state index contributed by atoms with van der Waals surface area (Å²) in [5.41, 5.74) is 6.38. The molecule has 4 aliphatic heterocycles. The predicted octanol–water partition coefficient (Wildman–Crippen LogP) is -7.54. The second-order valence-electron chi connectivity index (χ2n) is 11.8. The maximum Gasteiger partial charge on any atom is 0.187 e. The molecule has 0 aromatic heterocycles. The molecule has 4 aliphatic rings. The Kier molecular flexibility index (Phi) is 13.8. The highest BCUT2D eigenvalue weighted by atomic mass is 16.8. The summed E-state index contributed by atoms with van der Waals surface area (Å²) in [6.45, 7) is 2.48. The number of ether oxygens (including phenoxy) is 8. The highest BCUT2D eigenvalue weighted by molar-refractivity contribution is 4.99. The van der Waals surface area contributed by atoms with E-state index >= 15 is 0 Å². The van der Waals surface area contributed by atoms with Gasteiger partial charge in [0.1, 0.15) is 85.5 Å². The minimum Gasteiger partial charge on any atom is -0.394 e. The van der Waals surface area contributed by atoms with Gasteiger partial charge in [0, 0.05) is 0 Å². The van der Waals surface area contributed by atoms with Crippen LogP contribution in [0.15, 0.2) is 12.7 Å². The lowest BCUT2D eigenvalue weighted by atomic mass is 9.95. The van der Waals surface area contributed by atoms with Crippen molar-refractivity contribution in [2.75, 3.05) is 26.4 Å². The largest absolute Gasteiger partial charge is 0.394 e. The molecule has 4 heterocycles. The summed E-state index contributed by atoms with van der Waals surface area (Å²) in [7, 11) is 0. The molecule has 47 heavy (non-hydrogen) atoms. The van der Waals surface area contributed by atoms with Gasteiger partial charge in [0.05, 0.1) is 38.6 Å². The van der Waals surface area contributed by atoms with E-state index in [-0.39, 0.29) is 6.61 Å². The minimum atomic E-state index is -1.88. The molecule has 0 radical (unpaired) electrons. The van der Waals surface area contributed by atoms with E-state index in [1.807, 2.05) is 0 Å². The quantitative estimate of drug-likeness (QED) is 0.0847. The Bertz CT molecular complexity index is 984. The van der Waals surface area contributed by atoms with Gasteiger partial charge in [-0.15, -0.1) is 6.58 Å². The molecule has 13 N–H and O–H groups in total. The monoisotopic (exact) mass is 689 g/mol. The van der Waals surface area contributed by atoms with E-state index in [1.54, 1.807) is 0 Å². The fourth-order valence-corrected chi connectivity index (χ4v) is 5.80. The Morgan fingerprint density at radius 2 is 1.06 bits per heavy atom. The van der Waals surface area contributed by atoms with E-state index in [0.29, 0.717) is 0 Å². The second kappa shape index (κ2) is 16.8. The van der Waals surface area contributed by atoms with Crippen molar-refractivity contribution in [3.63, 3.8) is 0 Å². The molecular weight excluding hydrogens is 642 g/mol. The third kappa shape index (κ3) is 8.13. The lowest BCUT2D eigenvalue weighted by Gasteiger charge is -2.49. The van der Waals surface area contributed by atoms with Crippen molar-refractivity contribution in [3.8, 4) is 0 Å². The normalized spacial score (nSPS) is 51.1. The zero-order valence-electron chi connectivity index (χ0n) is 25.4. The van der Waals surface area contributed by atoms with Crippen LogP contribution in [0.4, 0.5) is 0 Å². The summed E-state index contributed by atoms with van der Waals surface area (Å²) in [6.07, 6.45) is -29.0. The summed E-state index contributed by atoms with van der Waals surface area (Å²) in [5, 5.41) is 114. The molecule has 20 atom stereocenters. The van der Waals surface area contributed by atoms with Gasteiger partial charge in [-0.05, 0) is 6.92 Å². The summed E-state index contributed by atoms with van der Waals surface area (Å²) in [6, 6.07) is -1.51. The first-order valence-corrected chi connectivity index (χ1v) is 15.1. The van der Waals surface area contributed by atoms with Crippen molar-refractivity contribution in [2.45, 2.75) is 130 Å². The van der Waals surface area contributed by atoms with Crippen LogP contribution >= 0.6 is 0 Å². The fourth-order valence-electron chi connectivity index (χ4n) is 5.80. The number of aliphatic hydroxyl groups is 11. The van der Waals surface area contributed by atoms with Crippen LogP contribution in [-0.4, -0.2) is 205 Å². The van der Waals surface area contributed by atoms with Gasteiger partial charge in [-0.1, -0.05) is 6.08 Å². The maximum absolute atomic E-state index is 11.1. The first-order valence-electron chi connectivity index (χ1n) is 15.1. The van der Waals surface area contributed by atoms with Crippen LogP contribution in [-0.2, 0) is 37.9 Å². The Morgan fingerprint density at radius 3 is 1.66 bits per heavy atom. The number of hydrogen-bond donors (Lipinski definition) is 12. The molecule has 0 aromatic carbocycles. The van der Waals surface area contributed by atoms with Crippen LogP contribution in [0.2, 0.25) is 0 Å². The van der Waals surface area contributed by atoms with Gasteiger partial charge in [0.15, 0.2) is 25.2 Å². The van der Waals surface area contributed by atoms with Gasteiger partial charge in [0.2, 0.25) is 0 Å². The molecule has 20 nitrogen and oxygen atoms in total. The molecule has 4 rings (SSSR count). The van der Waals surface area contributed by atoms with E-state index in [9.17, 15) is 56.2 Å². The van der Waals surface area contributed by atoms with Crippen LogP contribution < -0.4 is 5.73 Å². The first-order chi connectivity index (χ1) is 22.3. The molecule has 0 amide bonds. The van der Waals surface area contributed by atoms with Crippen molar-refractivity contribution in [2.24, 2.45) is 5.73 Å². The molecule has 0 bridgehead atoms. The molecule has 20 heteroatoms. The van der Waals surface area contributed by atoms with Gasteiger partial charge in [-0.2, -0.15) is 0 Å². The Balaban J connectivity index is 1.57. The van der Waals surface area contributed by atoms with Crippen LogP contribution in [0.3, 0.4) is 0 Å². The van der Waals surface area contributed by atoms with E-state index in [0.717, 1.165) is 0 Å². The van der Waals surface area contributed by atoms with Crippen molar-refractivity contribution in [3.05, 3.63) is 12.7 Å². The first kappa shape index (κ1) is 38.7. The Hall–Kier alpha value is -1.06. The highest BCUT2D eigenvalue weighted by Gasteiger charge is 2.55. The molecular formula is C27H47NO19. The van der Waals surface area contributed by atoms with Crippen molar-refractivity contribution in [1.29, 1.82) is 0 Å². The van der Waals surface area contributed by atoms with E-state index in [4.69, 9.17) is 43.6 Å². The molecule has 4 saturated heterocycles. The number of hydrogen-bond acceptors (Lipinski definition) is 20. The topological polar surface area (TPSA) is 322 Å². The molecule has 0 aromatic rings. The third-order valence-corrected chi connectivity index (χ3v) is 8.61. The summed E-state index contributed by atoms with van der Waals surface area (Å²) < 4.78 is 44.9. The maximum atomic E-state index is 11.1. The van der Waals surface area contributed by atoms with Gasteiger partial charge in [0.25, 0.3) is 0 Å². The van der Waals surface area contributed by atoms with Crippen LogP contribution in [0.5, 0.6) is 0 Å². The van der Waals surface area contributed by atoms with Crippen molar-refractivity contribution >= 4 is 0 Å². The summed E-state index contributed by atoms with van der Waals surface area (Å²) in [5.74, 6) is 0. The number of aliphatic hydroxyl groups excluding tert-OH is 11. The highest BCUT2D eigenvalue weighted by Crippen LogP contribution is 2.34. The molecule has 0 saturated carbocycles. The van der Waals surface area contributed by atoms with Crippen LogP contribution in [0.25, 0.3) is 0 Å². The molecule has 13 unspecified atom stereocenters. The third-order valence-electron chi connectivity index (χ3n) is 8.61. The minimum absolute atomic E-state index is 0.0712. The van der Waals surface area contributed by atoms with Gasteiger partial charge in [-0.3, -0.25) is 0 Å². The van der Waals surface area contributed by atoms with Gasteiger partial charge >= 0.3 is 0 Å². The summed E-state index contributed by atoms with van der Waals surface area (Å²) >= 11 is 0. The van der Waals surface area contributed by atoms with Crippen molar-refractivity contribution < 1.29 is 94.1 Å². The zero-order chi connectivity index (χ0) is 34.7. The molecule has 4 fully saturated rings. The Labute approximate surface area is 268 Å². The van der Waals surface area contributed by atoms with Crippen LogP contribution in [0.1, 0.15) is 6.92 Å². The molecule has 274 valence electrons. The van der Waals surface area contributed by atoms with E-state index in [2.05, 4.69) is 6.58 Å². The summed E-state index contributed by atoms with van der Waals surface area (Å²) in [4.78, 5) is 0. The van der Waals surface area contributed by atoms with Crippen LogP contribution in [0, 0.1) is 0 Å². The van der Waals surface area contributed by atoms with E-state index < -0.39 is 143 Å². The molecule has 0 spiro atoms. The average molecular weight is 690 g/mol. The van der Waals surface area contributed by atoms with Gasteiger partial charge in [-0.25, -0.2) is 0 Å². The predicted molar refractivity (Wildman–Crippen MR) is 148 cm³/mol. The SMILES string of the molecule is C=CCO[C@@H]1OC(CO)[C@H](O)C(OC2OC(CO)[C@H](O)C(O[C@@H]3OC(CO)[C@H](O)C(O)C3O[C@@H]3OC(C)[C@@H](O)C(O)C3O)C2N)C1O. The van der Waals surface area contributed by atoms with Gasteiger partial charge < -0.3 is 99.8 Å². The zero-order valence-corrected chi connectivity index (χ0v) is 25.4.